The zero-order valence-corrected chi connectivity index (χ0v) is 17.9. The van der Waals surface area contributed by atoms with Gasteiger partial charge in [0, 0.05) is 42.8 Å². The first-order valence-electron chi connectivity index (χ1n) is 10.0. The summed E-state index contributed by atoms with van der Waals surface area (Å²) in [6.45, 7) is 3.46. The Bertz CT molecular complexity index is 1110. The second-order valence-electron chi connectivity index (χ2n) is 7.35. The van der Waals surface area contributed by atoms with Crippen LogP contribution in [0.2, 0.25) is 5.02 Å². The summed E-state index contributed by atoms with van der Waals surface area (Å²) < 4.78 is 1.67. The molecule has 3 aromatic heterocycles. The summed E-state index contributed by atoms with van der Waals surface area (Å²) in [5.74, 6) is 0.535. The van der Waals surface area contributed by atoms with Crippen molar-refractivity contribution in [3.8, 4) is 11.1 Å². The molecule has 0 unspecified atom stereocenters. The number of hydrogen-bond donors (Lipinski definition) is 2. The predicted molar refractivity (Wildman–Crippen MR) is 120 cm³/mol. The number of aliphatic hydroxyl groups is 1. The molecule has 0 fully saturated rings. The van der Waals surface area contributed by atoms with E-state index >= 15 is 0 Å². The topological polar surface area (TPSA) is 96.2 Å². The van der Waals surface area contributed by atoms with Gasteiger partial charge in [0.2, 0.25) is 0 Å². The normalized spacial score (nSPS) is 13.8. The Morgan fingerprint density at radius 3 is 2.77 bits per heavy atom. The van der Waals surface area contributed by atoms with E-state index in [-0.39, 0.29) is 12.6 Å². The highest BCUT2D eigenvalue weighted by atomic mass is 35.5. The number of aryl methyl sites for hydroxylation is 1. The van der Waals surface area contributed by atoms with Gasteiger partial charge < -0.3 is 10.0 Å². The highest BCUT2D eigenvalue weighted by Gasteiger charge is 2.20. The van der Waals surface area contributed by atoms with Gasteiger partial charge in [-0.25, -0.2) is 9.78 Å². The standard InChI is InChI=1S/C22H23ClN6O2/c1-15-2-3-20(24-11-15)27-22(31)28-6-4-16(5-7-28)21-19(23)10-17(12-25-21)18-13-26-29(14-18)8-9-30/h2-4,10-14,30H,5-9H2,1H3,(H,24,27,31). The van der Waals surface area contributed by atoms with Crippen LogP contribution < -0.4 is 5.32 Å². The predicted octanol–water partition coefficient (Wildman–Crippen LogP) is 3.62. The van der Waals surface area contributed by atoms with Crippen LogP contribution >= 0.6 is 11.6 Å². The summed E-state index contributed by atoms with van der Waals surface area (Å²) in [7, 11) is 0. The van der Waals surface area contributed by atoms with Crippen LogP contribution in [0.3, 0.4) is 0 Å². The molecule has 0 atom stereocenters. The molecule has 1 aliphatic rings. The molecule has 0 spiro atoms. The Kier molecular flexibility index (Phi) is 6.29. The molecule has 0 radical (unpaired) electrons. The number of carbonyl (C=O) groups is 1. The summed E-state index contributed by atoms with van der Waals surface area (Å²) in [6, 6.07) is 5.39. The Morgan fingerprint density at radius 2 is 2.10 bits per heavy atom. The third kappa shape index (κ3) is 4.92. The number of carbonyl (C=O) groups excluding carboxylic acids is 1. The van der Waals surface area contributed by atoms with Gasteiger partial charge in [-0.2, -0.15) is 5.10 Å². The molecule has 0 aliphatic carbocycles. The van der Waals surface area contributed by atoms with Gasteiger partial charge >= 0.3 is 6.03 Å². The maximum absolute atomic E-state index is 12.5. The van der Waals surface area contributed by atoms with E-state index in [9.17, 15) is 4.79 Å². The van der Waals surface area contributed by atoms with Gasteiger partial charge in [-0.15, -0.1) is 0 Å². The first-order chi connectivity index (χ1) is 15.0. The Balaban J connectivity index is 1.42. The van der Waals surface area contributed by atoms with Crippen molar-refractivity contribution in [3.05, 3.63) is 65.3 Å². The first kappa shape index (κ1) is 21.0. The van der Waals surface area contributed by atoms with Crippen LogP contribution in [0.4, 0.5) is 10.6 Å². The fourth-order valence-electron chi connectivity index (χ4n) is 3.37. The van der Waals surface area contributed by atoms with E-state index in [1.165, 1.54) is 0 Å². The van der Waals surface area contributed by atoms with Gasteiger partial charge in [0.25, 0.3) is 0 Å². The van der Waals surface area contributed by atoms with E-state index in [1.54, 1.807) is 34.2 Å². The lowest BCUT2D eigenvalue weighted by molar-refractivity contribution is 0.217. The molecule has 9 heteroatoms. The number of nitrogens with one attached hydrogen (secondary N) is 1. The lowest BCUT2D eigenvalue weighted by Gasteiger charge is -2.26. The number of aliphatic hydroxyl groups excluding tert-OH is 1. The third-order valence-corrected chi connectivity index (χ3v) is 5.37. The SMILES string of the molecule is Cc1ccc(NC(=O)N2CC=C(c3ncc(-c4cnn(CCO)c4)cc3Cl)CC2)nc1. The van der Waals surface area contributed by atoms with E-state index in [0.29, 0.717) is 36.9 Å². The number of aromatic nitrogens is 4. The van der Waals surface area contributed by atoms with Crippen LogP contribution in [0.25, 0.3) is 16.7 Å². The minimum Gasteiger partial charge on any atom is -0.394 e. The van der Waals surface area contributed by atoms with Gasteiger partial charge in [0.15, 0.2) is 0 Å². The Hall–Kier alpha value is -3.23. The van der Waals surface area contributed by atoms with E-state index in [0.717, 1.165) is 28.0 Å². The highest BCUT2D eigenvalue weighted by Crippen LogP contribution is 2.30. The third-order valence-electron chi connectivity index (χ3n) is 5.08. The number of rotatable bonds is 5. The molecule has 160 valence electrons. The summed E-state index contributed by atoms with van der Waals surface area (Å²) >= 11 is 6.53. The molecule has 31 heavy (non-hydrogen) atoms. The highest BCUT2D eigenvalue weighted by molar-refractivity contribution is 6.32. The Morgan fingerprint density at radius 1 is 1.23 bits per heavy atom. The molecule has 2 N–H and O–H groups in total. The second-order valence-corrected chi connectivity index (χ2v) is 7.75. The van der Waals surface area contributed by atoms with Gasteiger partial charge in [-0.1, -0.05) is 23.7 Å². The zero-order valence-electron chi connectivity index (χ0n) is 17.1. The molecule has 2 amide bonds. The fourth-order valence-corrected chi connectivity index (χ4v) is 3.66. The summed E-state index contributed by atoms with van der Waals surface area (Å²) in [6.07, 6.45) is 9.71. The van der Waals surface area contributed by atoms with Crippen molar-refractivity contribution in [2.75, 3.05) is 25.0 Å². The van der Waals surface area contributed by atoms with Crippen molar-refractivity contribution < 1.29 is 9.90 Å². The molecule has 3 aromatic rings. The molecule has 4 heterocycles. The molecular weight excluding hydrogens is 416 g/mol. The average Bonchev–Trinajstić information content (AvgIpc) is 3.24. The molecule has 8 nitrogen and oxygen atoms in total. The fraction of sp³-hybridized carbons (Fsp3) is 0.273. The molecule has 4 rings (SSSR count). The lowest BCUT2D eigenvalue weighted by Crippen LogP contribution is -2.38. The molecule has 0 saturated carbocycles. The monoisotopic (exact) mass is 438 g/mol. The van der Waals surface area contributed by atoms with Crippen molar-refractivity contribution >= 4 is 29.0 Å². The number of hydrogen-bond acceptors (Lipinski definition) is 5. The largest absolute Gasteiger partial charge is 0.394 e. The average molecular weight is 439 g/mol. The number of anilines is 1. The van der Waals surface area contributed by atoms with Crippen molar-refractivity contribution in [1.29, 1.82) is 0 Å². The molecular formula is C22H23ClN6O2. The molecule has 0 aromatic carbocycles. The summed E-state index contributed by atoms with van der Waals surface area (Å²) in [5, 5.41) is 16.6. The van der Waals surface area contributed by atoms with E-state index in [1.807, 2.05) is 31.3 Å². The van der Waals surface area contributed by atoms with Gasteiger partial charge in [-0.3, -0.25) is 15.0 Å². The van der Waals surface area contributed by atoms with E-state index < -0.39 is 0 Å². The van der Waals surface area contributed by atoms with Crippen LogP contribution in [-0.4, -0.2) is 55.5 Å². The number of nitrogens with zero attached hydrogens (tertiary/aromatic N) is 5. The van der Waals surface area contributed by atoms with Crippen molar-refractivity contribution in [3.63, 3.8) is 0 Å². The maximum Gasteiger partial charge on any atom is 0.323 e. The lowest BCUT2D eigenvalue weighted by atomic mass is 10.0. The first-order valence-corrected chi connectivity index (χ1v) is 10.4. The van der Waals surface area contributed by atoms with E-state index in [4.69, 9.17) is 16.7 Å². The van der Waals surface area contributed by atoms with Crippen molar-refractivity contribution in [2.45, 2.75) is 19.9 Å². The number of pyridine rings is 2. The molecule has 1 aliphatic heterocycles. The second kappa shape index (κ2) is 9.28. The minimum absolute atomic E-state index is 0.0315. The molecule has 0 saturated heterocycles. The summed E-state index contributed by atoms with van der Waals surface area (Å²) in [5.41, 5.74) is 4.54. The van der Waals surface area contributed by atoms with Crippen molar-refractivity contribution in [1.82, 2.24) is 24.6 Å². The molecule has 0 bridgehead atoms. The van der Waals surface area contributed by atoms with Crippen LogP contribution in [0, 0.1) is 6.92 Å². The number of amides is 2. The van der Waals surface area contributed by atoms with Gasteiger partial charge in [0.1, 0.15) is 5.82 Å². The summed E-state index contributed by atoms with van der Waals surface area (Å²) in [4.78, 5) is 23.0. The number of urea groups is 1. The van der Waals surface area contributed by atoms with Crippen LogP contribution in [0.1, 0.15) is 17.7 Å². The number of halogens is 1. The van der Waals surface area contributed by atoms with Crippen LogP contribution in [0.15, 0.2) is 49.1 Å². The zero-order chi connectivity index (χ0) is 21.8. The van der Waals surface area contributed by atoms with Crippen LogP contribution in [-0.2, 0) is 6.54 Å². The van der Waals surface area contributed by atoms with E-state index in [2.05, 4.69) is 20.4 Å². The van der Waals surface area contributed by atoms with Crippen molar-refractivity contribution in [2.24, 2.45) is 0 Å². The minimum atomic E-state index is -0.180. The quantitative estimate of drug-likeness (QED) is 0.634. The van der Waals surface area contributed by atoms with Gasteiger partial charge in [-0.05, 0) is 36.6 Å². The maximum atomic E-state index is 12.5. The Labute approximate surface area is 185 Å². The smallest absolute Gasteiger partial charge is 0.323 e. The van der Waals surface area contributed by atoms with Crippen LogP contribution in [0.5, 0.6) is 0 Å². The van der Waals surface area contributed by atoms with Gasteiger partial charge in [0.05, 0.1) is 30.1 Å².